The molecule has 0 aromatic carbocycles. The third kappa shape index (κ3) is 6.44. The maximum Gasteiger partial charge on any atom is 0.271 e. The van der Waals surface area contributed by atoms with E-state index in [0.29, 0.717) is 37.9 Å². The second-order valence-electron chi connectivity index (χ2n) is 4.05. The van der Waals surface area contributed by atoms with E-state index in [1.807, 2.05) is 6.92 Å². The SMILES string of the molecule is CCNc1ccc(C(=O)NCCCOCCOC)nn1. The molecule has 1 rings (SSSR count). The number of rotatable bonds is 10. The summed E-state index contributed by atoms with van der Waals surface area (Å²) in [7, 11) is 1.63. The van der Waals surface area contributed by atoms with Gasteiger partial charge in [-0.15, -0.1) is 10.2 Å². The third-order valence-electron chi connectivity index (χ3n) is 2.44. The molecule has 0 saturated heterocycles. The topological polar surface area (TPSA) is 85.4 Å². The minimum Gasteiger partial charge on any atom is -0.382 e. The molecule has 0 radical (unpaired) electrons. The Bertz CT molecular complexity index is 384. The van der Waals surface area contributed by atoms with Crippen LogP contribution in [-0.2, 0) is 9.47 Å². The van der Waals surface area contributed by atoms with Crippen LogP contribution in [0.2, 0.25) is 0 Å². The molecule has 1 aromatic heterocycles. The monoisotopic (exact) mass is 282 g/mol. The number of carbonyl (C=O) groups excluding carboxylic acids is 1. The first-order valence-corrected chi connectivity index (χ1v) is 6.70. The van der Waals surface area contributed by atoms with Crippen molar-refractivity contribution >= 4 is 11.7 Å². The Kier molecular flexibility index (Phi) is 8.25. The van der Waals surface area contributed by atoms with E-state index in [0.717, 1.165) is 13.0 Å². The Morgan fingerprint density at radius 2 is 2.10 bits per heavy atom. The maximum absolute atomic E-state index is 11.8. The number of nitrogens with zero attached hydrogens (tertiary/aromatic N) is 2. The van der Waals surface area contributed by atoms with Crippen LogP contribution in [0.5, 0.6) is 0 Å². The second-order valence-corrected chi connectivity index (χ2v) is 4.05. The summed E-state index contributed by atoms with van der Waals surface area (Å²) in [5.41, 5.74) is 0.312. The van der Waals surface area contributed by atoms with Gasteiger partial charge in [0.15, 0.2) is 5.69 Å². The molecule has 7 heteroatoms. The zero-order valence-corrected chi connectivity index (χ0v) is 12.0. The molecule has 0 spiro atoms. The van der Waals surface area contributed by atoms with Crippen molar-refractivity contribution in [1.29, 1.82) is 0 Å². The van der Waals surface area contributed by atoms with Crippen LogP contribution < -0.4 is 10.6 Å². The molecule has 1 amide bonds. The smallest absolute Gasteiger partial charge is 0.271 e. The minimum atomic E-state index is -0.225. The lowest BCUT2D eigenvalue weighted by molar-refractivity contribution is 0.0688. The van der Waals surface area contributed by atoms with E-state index in [-0.39, 0.29) is 5.91 Å². The average Bonchev–Trinajstić information content (AvgIpc) is 2.47. The summed E-state index contributed by atoms with van der Waals surface area (Å²) >= 11 is 0. The quantitative estimate of drug-likeness (QED) is 0.614. The molecular weight excluding hydrogens is 260 g/mol. The summed E-state index contributed by atoms with van der Waals surface area (Å²) in [6, 6.07) is 3.38. The fourth-order valence-corrected chi connectivity index (χ4v) is 1.44. The van der Waals surface area contributed by atoms with Crippen LogP contribution in [0.4, 0.5) is 5.82 Å². The van der Waals surface area contributed by atoms with Crippen LogP contribution in [0.25, 0.3) is 0 Å². The van der Waals surface area contributed by atoms with Gasteiger partial charge in [-0.2, -0.15) is 0 Å². The second kappa shape index (κ2) is 10.1. The van der Waals surface area contributed by atoms with E-state index in [4.69, 9.17) is 9.47 Å². The van der Waals surface area contributed by atoms with Gasteiger partial charge in [-0.1, -0.05) is 0 Å². The van der Waals surface area contributed by atoms with E-state index >= 15 is 0 Å². The van der Waals surface area contributed by atoms with Crippen molar-refractivity contribution in [2.24, 2.45) is 0 Å². The van der Waals surface area contributed by atoms with Gasteiger partial charge in [-0.25, -0.2) is 0 Å². The highest BCUT2D eigenvalue weighted by Gasteiger charge is 2.06. The predicted molar refractivity (Wildman–Crippen MR) is 75.8 cm³/mol. The van der Waals surface area contributed by atoms with Gasteiger partial charge in [-0.05, 0) is 25.5 Å². The van der Waals surface area contributed by atoms with E-state index < -0.39 is 0 Å². The summed E-state index contributed by atoms with van der Waals surface area (Å²) < 4.78 is 10.1. The number of ether oxygens (including phenoxy) is 2. The Hall–Kier alpha value is -1.73. The van der Waals surface area contributed by atoms with E-state index in [2.05, 4.69) is 20.8 Å². The van der Waals surface area contributed by atoms with Gasteiger partial charge in [0.2, 0.25) is 0 Å². The van der Waals surface area contributed by atoms with Crippen molar-refractivity contribution in [3.63, 3.8) is 0 Å². The summed E-state index contributed by atoms with van der Waals surface area (Å²) in [5.74, 6) is 0.438. The average molecular weight is 282 g/mol. The van der Waals surface area contributed by atoms with Gasteiger partial charge in [0.25, 0.3) is 5.91 Å². The Balaban J connectivity index is 2.18. The largest absolute Gasteiger partial charge is 0.382 e. The number of amides is 1. The molecule has 0 saturated carbocycles. The highest BCUT2D eigenvalue weighted by atomic mass is 16.5. The van der Waals surface area contributed by atoms with E-state index in [1.54, 1.807) is 19.2 Å². The number of hydrogen-bond acceptors (Lipinski definition) is 6. The normalized spacial score (nSPS) is 10.3. The maximum atomic E-state index is 11.8. The van der Waals surface area contributed by atoms with Gasteiger partial charge in [0.1, 0.15) is 5.82 Å². The van der Waals surface area contributed by atoms with Gasteiger partial charge < -0.3 is 20.1 Å². The zero-order chi connectivity index (χ0) is 14.6. The van der Waals surface area contributed by atoms with Gasteiger partial charge >= 0.3 is 0 Å². The zero-order valence-electron chi connectivity index (χ0n) is 12.0. The number of anilines is 1. The molecule has 0 aliphatic carbocycles. The van der Waals surface area contributed by atoms with Crippen molar-refractivity contribution in [3.8, 4) is 0 Å². The third-order valence-corrected chi connectivity index (χ3v) is 2.44. The van der Waals surface area contributed by atoms with Crippen LogP contribution in [0, 0.1) is 0 Å². The molecular formula is C13H22N4O3. The van der Waals surface area contributed by atoms with E-state index in [1.165, 1.54) is 0 Å². The molecule has 0 aliphatic heterocycles. The Morgan fingerprint density at radius 1 is 1.25 bits per heavy atom. The van der Waals surface area contributed by atoms with Crippen molar-refractivity contribution in [2.45, 2.75) is 13.3 Å². The number of nitrogens with one attached hydrogen (secondary N) is 2. The summed E-state index contributed by atoms with van der Waals surface area (Å²) in [4.78, 5) is 11.8. The molecule has 1 aromatic rings. The Labute approximate surface area is 119 Å². The lowest BCUT2D eigenvalue weighted by Gasteiger charge is -2.06. The molecule has 1 heterocycles. The van der Waals surface area contributed by atoms with Crippen molar-refractivity contribution in [1.82, 2.24) is 15.5 Å². The molecule has 0 bridgehead atoms. The molecule has 0 aliphatic rings. The summed E-state index contributed by atoms with van der Waals surface area (Å²) in [6.07, 6.45) is 0.748. The molecule has 0 atom stereocenters. The van der Waals surface area contributed by atoms with Crippen molar-refractivity contribution in [3.05, 3.63) is 17.8 Å². The highest BCUT2D eigenvalue weighted by Crippen LogP contribution is 2.01. The molecule has 2 N–H and O–H groups in total. The molecule has 0 unspecified atom stereocenters. The van der Waals surface area contributed by atoms with Crippen molar-refractivity contribution < 1.29 is 14.3 Å². The minimum absolute atomic E-state index is 0.225. The first-order valence-electron chi connectivity index (χ1n) is 6.70. The fraction of sp³-hybridized carbons (Fsp3) is 0.615. The molecule has 112 valence electrons. The molecule has 20 heavy (non-hydrogen) atoms. The number of methoxy groups -OCH3 is 1. The highest BCUT2D eigenvalue weighted by molar-refractivity contribution is 5.92. The van der Waals surface area contributed by atoms with Gasteiger partial charge in [-0.3, -0.25) is 4.79 Å². The summed E-state index contributed by atoms with van der Waals surface area (Å²) in [6.45, 7) is 5.03. The van der Waals surface area contributed by atoms with Crippen LogP contribution in [0.1, 0.15) is 23.8 Å². The number of aromatic nitrogens is 2. The van der Waals surface area contributed by atoms with Crippen LogP contribution in [0.15, 0.2) is 12.1 Å². The van der Waals surface area contributed by atoms with E-state index in [9.17, 15) is 4.79 Å². The molecule has 7 nitrogen and oxygen atoms in total. The van der Waals surface area contributed by atoms with Crippen molar-refractivity contribution in [2.75, 3.05) is 45.3 Å². The first kappa shape index (κ1) is 16.3. The lowest BCUT2D eigenvalue weighted by atomic mass is 10.3. The standard InChI is InChI=1S/C13H22N4O3/c1-3-14-12-6-5-11(16-17-12)13(18)15-7-4-8-20-10-9-19-2/h5-6H,3-4,7-10H2,1-2H3,(H,14,17)(H,15,18). The number of hydrogen-bond donors (Lipinski definition) is 2. The van der Waals surface area contributed by atoms with Gasteiger partial charge in [0, 0.05) is 26.8 Å². The van der Waals surface area contributed by atoms with Gasteiger partial charge in [0.05, 0.1) is 13.2 Å². The summed E-state index contributed by atoms with van der Waals surface area (Å²) in [5, 5.41) is 13.6. The Morgan fingerprint density at radius 3 is 2.75 bits per heavy atom. The fourth-order valence-electron chi connectivity index (χ4n) is 1.44. The van der Waals surface area contributed by atoms with Crippen LogP contribution >= 0.6 is 0 Å². The lowest BCUT2D eigenvalue weighted by Crippen LogP contribution is -2.26. The first-order chi connectivity index (χ1) is 9.77. The van der Waals surface area contributed by atoms with Crippen LogP contribution in [0.3, 0.4) is 0 Å². The number of carbonyl (C=O) groups is 1. The van der Waals surface area contributed by atoms with Crippen LogP contribution in [-0.4, -0.2) is 56.1 Å². The molecule has 0 fully saturated rings. The predicted octanol–water partition coefficient (Wildman–Crippen LogP) is 0.691.